The van der Waals surface area contributed by atoms with Crippen LogP contribution in [-0.4, -0.2) is 59.5 Å². The van der Waals surface area contributed by atoms with Crippen molar-refractivity contribution in [1.29, 1.82) is 0 Å². The van der Waals surface area contributed by atoms with Crippen molar-refractivity contribution in [3.05, 3.63) is 52.6 Å². The number of carbonyl (C=O) groups excluding carboxylic acids is 1. The maximum Gasteiger partial charge on any atom is 0.227 e. The van der Waals surface area contributed by atoms with E-state index in [4.69, 9.17) is 9.72 Å². The van der Waals surface area contributed by atoms with Gasteiger partial charge in [0.15, 0.2) is 0 Å². The molecule has 0 unspecified atom stereocenters. The molecule has 2 aromatic rings. The normalized spacial score (nSPS) is 17.8. The Kier molecular flexibility index (Phi) is 5.81. The highest BCUT2D eigenvalue weighted by molar-refractivity contribution is 5.79. The van der Waals surface area contributed by atoms with Crippen LogP contribution in [0.4, 0.5) is 0 Å². The number of hydrogen-bond donors (Lipinski definition) is 0. The number of fused-ring (bicyclic) bond motifs is 1. The maximum absolute atomic E-state index is 12.8. The van der Waals surface area contributed by atoms with E-state index in [-0.39, 0.29) is 5.91 Å². The lowest BCUT2D eigenvalue weighted by Crippen LogP contribution is -2.39. The molecule has 2 aliphatic rings. The van der Waals surface area contributed by atoms with E-state index in [0.717, 1.165) is 68.1 Å². The minimum Gasteiger partial charge on any atom is -0.496 e. The smallest absolute Gasteiger partial charge is 0.227 e. The van der Waals surface area contributed by atoms with Crippen LogP contribution < -0.4 is 4.74 Å². The third-order valence-electron chi connectivity index (χ3n) is 6.13. The minimum absolute atomic E-state index is 0.168. The number of carbonyl (C=O) groups is 1. The summed E-state index contributed by atoms with van der Waals surface area (Å²) in [6.07, 6.45) is 5.25. The third-order valence-corrected chi connectivity index (χ3v) is 6.13. The van der Waals surface area contributed by atoms with E-state index in [2.05, 4.69) is 16.9 Å². The summed E-state index contributed by atoms with van der Waals surface area (Å²) in [6.45, 7) is 5.56. The summed E-state index contributed by atoms with van der Waals surface area (Å²) in [5.41, 5.74) is 4.56. The van der Waals surface area contributed by atoms with E-state index in [9.17, 15) is 4.79 Å². The number of ether oxygens (including phenoxy) is 1. The Bertz CT molecular complexity index is 890. The highest BCUT2D eigenvalue weighted by Gasteiger charge is 2.27. The molecule has 2 aliphatic heterocycles. The number of aryl methyl sites for hydroxylation is 1. The molecular weight excluding hydrogens is 364 g/mol. The Morgan fingerprint density at radius 1 is 1.24 bits per heavy atom. The van der Waals surface area contributed by atoms with Gasteiger partial charge in [-0.2, -0.15) is 0 Å². The molecule has 0 aliphatic carbocycles. The Hall–Kier alpha value is -2.47. The molecule has 4 rings (SSSR count). The predicted molar refractivity (Wildman–Crippen MR) is 112 cm³/mol. The second-order valence-corrected chi connectivity index (χ2v) is 8.34. The molecule has 0 saturated carbocycles. The predicted octanol–water partition coefficient (Wildman–Crippen LogP) is 2.73. The molecule has 1 saturated heterocycles. The Balaban J connectivity index is 1.37. The number of likely N-dealkylation sites (N-methyl/N-ethyl adjacent to an activating group) is 1. The number of benzene rings is 1. The number of piperidine rings is 1. The molecule has 0 spiro atoms. The van der Waals surface area contributed by atoms with Crippen LogP contribution in [-0.2, 0) is 24.2 Å². The lowest BCUT2D eigenvalue weighted by molar-refractivity contribution is -0.131. The van der Waals surface area contributed by atoms with Gasteiger partial charge < -0.3 is 14.5 Å². The fourth-order valence-corrected chi connectivity index (χ4v) is 4.38. The minimum atomic E-state index is 0.168. The molecule has 0 bridgehead atoms. The van der Waals surface area contributed by atoms with Gasteiger partial charge in [0, 0.05) is 61.5 Å². The van der Waals surface area contributed by atoms with Crippen LogP contribution in [0.15, 0.2) is 24.4 Å². The molecule has 29 heavy (non-hydrogen) atoms. The first-order chi connectivity index (χ1) is 14.0. The summed E-state index contributed by atoms with van der Waals surface area (Å²) in [5.74, 6) is 2.26. The number of rotatable bonds is 4. The molecule has 1 aromatic carbocycles. The largest absolute Gasteiger partial charge is 0.496 e. The van der Waals surface area contributed by atoms with Crippen LogP contribution in [0.5, 0.6) is 5.75 Å². The van der Waals surface area contributed by atoms with Crippen molar-refractivity contribution in [3.8, 4) is 5.75 Å². The van der Waals surface area contributed by atoms with Crippen molar-refractivity contribution >= 4 is 5.91 Å². The van der Waals surface area contributed by atoms with Gasteiger partial charge in [-0.1, -0.05) is 17.7 Å². The number of methoxy groups -OCH3 is 1. The molecule has 0 radical (unpaired) electrons. The number of hydrogen-bond acceptors (Lipinski definition) is 5. The zero-order valence-electron chi connectivity index (χ0n) is 17.6. The number of amides is 1. The number of likely N-dealkylation sites (tertiary alicyclic amines) is 1. The highest BCUT2D eigenvalue weighted by Crippen LogP contribution is 2.28. The van der Waals surface area contributed by atoms with Gasteiger partial charge in [0.05, 0.1) is 13.5 Å². The van der Waals surface area contributed by atoms with Crippen molar-refractivity contribution < 1.29 is 9.53 Å². The molecule has 154 valence electrons. The van der Waals surface area contributed by atoms with Gasteiger partial charge in [0.1, 0.15) is 11.6 Å². The fourth-order valence-electron chi connectivity index (χ4n) is 4.38. The summed E-state index contributed by atoms with van der Waals surface area (Å²) in [7, 11) is 3.79. The average molecular weight is 395 g/mol. The van der Waals surface area contributed by atoms with Crippen LogP contribution in [0.3, 0.4) is 0 Å². The quantitative estimate of drug-likeness (QED) is 0.798. The van der Waals surface area contributed by atoms with E-state index in [0.29, 0.717) is 12.3 Å². The van der Waals surface area contributed by atoms with Gasteiger partial charge in [0.2, 0.25) is 5.91 Å². The Morgan fingerprint density at radius 2 is 2.03 bits per heavy atom. The molecule has 6 heteroatoms. The standard InChI is InChI=1S/C23H30N4O2/c1-16-4-5-21(29-3)18(12-16)13-22(28)27-10-6-17(7-11-27)23-24-14-19-15-26(2)9-8-20(19)25-23/h4-5,12,14,17H,6-11,13,15H2,1-3H3. The van der Waals surface area contributed by atoms with E-state index in [1.54, 1.807) is 7.11 Å². The van der Waals surface area contributed by atoms with Crippen LogP contribution in [0.1, 0.15) is 47.0 Å². The second kappa shape index (κ2) is 8.49. The van der Waals surface area contributed by atoms with Gasteiger partial charge in [0.25, 0.3) is 0 Å². The van der Waals surface area contributed by atoms with Gasteiger partial charge in [-0.25, -0.2) is 9.97 Å². The van der Waals surface area contributed by atoms with E-state index in [1.807, 2.05) is 36.2 Å². The Labute approximate surface area is 172 Å². The Morgan fingerprint density at radius 3 is 2.79 bits per heavy atom. The summed E-state index contributed by atoms with van der Waals surface area (Å²) in [4.78, 5) is 26.7. The molecule has 1 amide bonds. The highest BCUT2D eigenvalue weighted by atomic mass is 16.5. The van der Waals surface area contributed by atoms with Crippen molar-refractivity contribution in [2.24, 2.45) is 0 Å². The molecular formula is C23H30N4O2. The van der Waals surface area contributed by atoms with Crippen LogP contribution in [0.25, 0.3) is 0 Å². The lowest BCUT2D eigenvalue weighted by atomic mass is 9.94. The van der Waals surface area contributed by atoms with E-state index in [1.165, 1.54) is 11.3 Å². The summed E-state index contributed by atoms with van der Waals surface area (Å²) < 4.78 is 5.43. The topological polar surface area (TPSA) is 58.6 Å². The SMILES string of the molecule is COc1ccc(C)cc1CC(=O)N1CCC(c2ncc3c(n2)CCN(C)C3)CC1. The molecule has 0 N–H and O–H groups in total. The van der Waals surface area contributed by atoms with Crippen LogP contribution in [0.2, 0.25) is 0 Å². The molecule has 0 atom stereocenters. The van der Waals surface area contributed by atoms with Gasteiger partial charge in [-0.05, 0) is 32.9 Å². The van der Waals surface area contributed by atoms with Crippen molar-refractivity contribution in [2.75, 3.05) is 33.8 Å². The van der Waals surface area contributed by atoms with Gasteiger partial charge >= 0.3 is 0 Å². The number of aromatic nitrogens is 2. The molecule has 6 nitrogen and oxygen atoms in total. The molecule has 1 aromatic heterocycles. The van der Waals surface area contributed by atoms with Gasteiger partial charge in [-0.3, -0.25) is 4.79 Å². The first kappa shape index (κ1) is 19.8. The van der Waals surface area contributed by atoms with E-state index < -0.39 is 0 Å². The average Bonchev–Trinajstić information content (AvgIpc) is 2.73. The summed E-state index contributed by atoms with van der Waals surface area (Å²) in [6, 6.07) is 5.99. The van der Waals surface area contributed by atoms with Crippen LogP contribution in [0, 0.1) is 6.92 Å². The van der Waals surface area contributed by atoms with Crippen LogP contribution >= 0.6 is 0 Å². The molecule has 1 fully saturated rings. The van der Waals surface area contributed by atoms with Crippen molar-refractivity contribution in [2.45, 2.75) is 45.1 Å². The monoisotopic (exact) mass is 394 g/mol. The zero-order chi connectivity index (χ0) is 20.4. The number of nitrogens with zero attached hydrogens (tertiary/aromatic N) is 4. The van der Waals surface area contributed by atoms with Crippen molar-refractivity contribution in [1.82, 2.24) is 19.8 Å². The third kappa shape index (κ3) is 4.42. The zero-order valence-corrected chi connectivity index (χ0v) is 17.6. The van der Waals surface area contributed by atoms with Gasteiger partial charge in [-0.15, -0.1) is 0 Å². The first-order valence-corrected chi connectivity index (χ1v) is 10.5. The summed E-state index contributed by atoms with van der Waals surface area (Å²) in [5, 5.41) is 0. The maximum atomic E-state index is 12.8. The molecule has 3 heterocycles. The van der Waals surface area contributed by atoms with Crippen molar-refractivity contribution in [3.63, 3.8) is 0 Å². The summed E-state index contributed by atoms with van der Waals surface area (Å²) >= 11 is 0. The second-order valence-electron chi connectivity index (χ2n) is 8.34. The first-order valence-electron chi connectivity index (χ1n) is 10.5. The fraction of sp³-hybridized carbons (Fsp3) is 0.522. The lowest BCUT2D eigenvalue weighted by Gasteiger charge is -2.32. The van der Waals surface area contributed by atoms with E-state index >= 15 is 0 Å².